The first-order valence-electron chi connectivity index (χ1n) is 10.3. The topological polar surface area (TPSA) is 89.8 Å². The average molecular weight is 420 g/mol. The van der Waals surface area contributed by atoms with Gasteiger partial charge >= 0.3 is 29.6 Å². The first-order valence-corrected chi connectivity index (χ1v) is 10.3. The van der Waals surface area contributed by atoms with Crippen LogP contribution < -0.4 is 39.4 Å². The summed E-state index contributed by atoms with van der Waals surface area (Å²) in [6.07, 6.45) is 4.80. The van der Waals surface area contributed by atoms with Gasteiger partial charge in [0.15, 0.2) is 0 Å². The summed E-state index contributed by atoms with van der Waals surface area (Å²) in [7, 11) is 0. The molecule has 30 heavy (non-hydrogen) atoms. The third-order valence-electron chi connectivity index (χ3n) is 6.03. The van der Waals surface area contributed by atoms with Gasteiger partial charge < -0.3 is 24.9 Å². The Morgan fingerprint density at radius 3 is 2.90 bits per heavy atom. The van der Waals surface area contributed by atoms with Crippen LogP contribution in [-0.2, 0) is 11.2 Å². The van der Waals surface area contributed by atoms with Crippen LogP contribution in [0.1, 0.15) is 56.6 Å². The number of carboxylic acids is 1. The Hall–Kier alpha value is -1.29. The minimum absolute atomic E-state index is 0. The zero-order valence-electron chi connectivity index (χ0n) is 18.0. The zero-order chi connectivity index (χ0) is 21.0. The minimum atomic E-state index is -1.04. The predicted molar refractivity (Wildman–Crippen MR) is 108 cm³/mol. The van der Waals surface area contributed by atoms with E-state index in [1.54, 1.807) is 13.0 Å². The van der Waals surface area contributed by atoms with E-state index in [1.165, 1.54) is 0 Å². The number of aliphatic hydroxyl groups is 2. The SMILES string of the molecule is CC#CC[C@@H](C)[C@H](O)/C=C/[C@@H]1[C@H]2c3cccc(CCCC(=O)[O-])c3O[C@H]2C[C@H]1O.[Na+]. The van der Waals surface area contributed by atoms with Crippen LogP contribution in [-0.4, -0.2) is 34.5 Å². The summed E-state index contributed by atoms with van der Waals surface area (Å²) >= 11 is 0. The van der Waals surface area contributed by atoms with Crippen LogP contribution in [0.4, 0.5) is 0 Å². The van der Waals surface area contributed by atoms with E-state index in [2.05, 4.69) is 11.8 Å². The van der Waals surface area contributed by atoms with Crippen LogP contribution in [0, 0.1) is 23.7 Å². The van der Waals surface area contributed by atoms with Gasteiger partial charge in [-0.2, -0.15) is 0 Å². The fourth-order valence-electron chi connectivity index (χ4n) is 4.40. The molecule has 6 heteroatoms. The first-order chi connectivity index (χ1) is 13.9. The number of benzene rings is 1. The maximum atomic E-state index is 10.7. The summed E-state index contributed by atoms with van der Waals surface area (Å²) < 4.78 is 6.19. The van der Waals surface area contributed by atoms with Crippen molar-refractivity contribution in [1.82, 2.24) is 0 Å². The molecule has 1 aliphatic heterocycles. The van der Waals surface area contributed by atoms with Crippen molar-refractivity contribution >= 4 is 5.97 Å². The maximum absolute atomic E-state index is 10.7. The van der Waals surface area contributed by atoms with E-state index < -0.39 is 18.2 Å². The molecule has 1 heterocycles. The minimum Gasteiger partial charge on any atom is -0.550 e. The Bertz CT molecular complexity index is 825. The third-order valence-corrected chi connectivity index (χ3v) is 6.03. The Morgan fingerprint density at radius 1 is 1.43 bits per heavy atom. The van der Waals surface area contributed by atoms with Crippen LogP contribution in [0.25, 0.3) is 0 Å². The van der Waals surface area contributed by atoms with Gasteiger partial charge in [-0.1, -0.05) is 37.3 Å². The molecule has 156 valence electrons. The second-order valence-corrected chi connectivity index (χ2v) is 8.11. The van der Waals surface area contributed by atoms with E-state index in [9.17, 15) is 20.1 Å². The first kappa shape index (κ1) is 25.0. The van der Waals surface area contributed by atoms with Gasteiger partial charge in [-0.05, 0) is 37.7 Å². The van der Waals surface area contributed by atoms with Crippen LogP contribution in [0.5, 0.6) is 5.75 Å². The van der Waals surface area contributed by atoms with E-state index in [-0.39, 0.29) is 59.8 Å². The van der Waals surface area contributed by atoms with E-state index in [0.29, 0.717) is 25.7 Å². The van der Waals surface area contributed by atoms with Crippen LogP contribution >= 0.6 is 0 Å². The average Bonchev–Trinajstić information content (AvgIpc) is 3.19. The van der Waals surface area contributed by atoms with Crippen LogP contribution in [0.2, 0.25) is 0 Å². The van der Waals surface area contributed by atoms with Crippen LogP contribution in [0.15, 0.2) is 30.4 Å². The molecule has 0 unspecified atom stereocenters. The van der Waals surface area contributed by atoms with Gasteiger partial charge in [-0.3, -0.25) is 0 Å². The largest absolute Gasteiger partial charge is 1.00 e. The number of aryl methyl sites for hydroxylation is 1. The molecule has 1 saturated carbocycles. The van der Waals surface area contributed by atoms with Crippen molar-refractivity contribution in [3.05, 3.63) is 41.5 Å². The monoisotopic (exact) mass is 420 g/mol. The Morgan fingerprint density at radius 2 is 2.20 bits per heavy atom. The maximum Gasteiger partial charge on any atom is 1.00 e. The second kappa shape index (κ2) is 11.4. The van der Waals surface area contributed by atoms with Crippen molar-refractivity contribution in [2.24, 2.45) is 11.8 Å². The van der Waals surface area contributed by atoms with Crippen molar-refractivity contribution in [3.63, 3.8) is 0 Å². The fraction of sp³-hybridized carbons (Fsp3) is 0.542. The molecule has 0 saturated heterocycles. The molecule has 1 fully saturated rings. The number of ether oxygens (including phenoxy) is 1. The van der Waals surface area contributed by atoms with E-state index in [1.807, 2.05) is 31.2 Å². The number of carbonyl (C=O) groups is 1. The van der Waals surface area contributed by atoms with Crippen LogP contribution in [0.3, 0.4) is 0 Å². The predicted octanol–water partition coefficient (Wildman–Crippen LogP) is -1.04. The molecule has 3 rings (SSSR count). The molecule has 1 aromatic rings. The quantitative estimate of drug-likeness (QED) is 0.319. The zero-order valence-corrected chi connectivity index (χ0v) is 20.0. The van der Waals surface area contributed by atoms with Gasteiger partial charge in [0.25, 0.3) is 0 Å². The van der Waals surface area contributed by atoms with Gasteiger partial charge in [0.05, 0.1) is 12.2 Å². The van der Waals surface area contributed by atoms with Gasteiger partial charge in [-0.25, -0.2) is 0 Å². The second-order valence-electron chi connectivity index (χ2n) is 8.11. The fourth-order valence-corrected chi connectivity index (χ4v) is 4.40. The number of hydrogen-bond acceptors (Lipinski definition) is 5. The molecule has 0 amide bonds. The molecule has 0 spiro atoms. The molecular formula is C24H29NaO5. The van der Waals surface area contributed by atoms with E-state index in [4.69, 9.17) is 4.74 Å². The molecule has 0 aromatic heterocycles. The third kappa shape index (κ3) is 5.69. The number of rotatable bonds is 8. The molecule has 2 aliphatic rings. The molecule has 0 bridgehead atoms. The molecular weight excluding hydrogens is 391 g/mol. The van der Waals surface area contributed by atoms with Crippen molar-refractivity contribution in [1.29, 1.82) is 0 Å². The number of para-hydroxylation sites is 1. The normalized spacial score (nSPS) is 26.0. The summed E-state index contributed by atoms with van der Waals surface area (Å²) in [5.74, 6) is 5.56. The summed E-state index contributed by atoms with van der Waals surface area (Å²) in [4.78, 5) is 10.7. The molecule has 1 aromatic carbocycles. The van der Waals surface area contributed by atoms with E-state index >= 15 is 0 Å². The van der Waals surface area contributed by atoms with E-state index in [0.717, 1.165) is 16.9 Å². The number of carboxylic acid groups (broad SMARTS) is 1. The number of aliphatic carboxylic acids is 1. The summed E-state index contributed by atoms with van der Waals surface area (Å²) in [6, 6.07) is 5.96. The summed E-state index contributed by atoms with van der Waals surface area (Å²) in [6.45, 7) is 3.74. The molecule has 2 N–H and O–H groups in total. The van der Waals surface area contributed by atoms with Crippen molar-refractivity contribution in [3.8, 4) is 17.6 Å². The molecule has 0 radical (unpaired) electrons. The Labute approximate surface area is 200 Å². The van der Waals surface area contributed by atoms with Crippen molar-refractivity contribution < 1.29 is 54.4 Å². The number of aliphatic hydroxyl groups excluding tert-OH is 2. The smallest absolute Gasteiger partial charge is 0.550 e. The number of hydrogen-bond donors (Lipinski definition) is 2. The molecule has 5 nitrogen and oxygen atoms in total. The molecule has 6 atom stereocenters. The summed E-state index contributed by atoms with van der Waals surface area (Å²) in [5, 5.41) is 31.7. The summed E-state index contributed by atoms with van der Waals surface area (Å²) in [5.41, 5.74) is 2.06. The Balaban J connectivity index is 0.00000320. The van der Waals surface area contributed by atoms with Crippen molar-refractivity contribution in [2.45, 2.75) is 70.2 Å². The Kier molecular flexibility index (Phi) is 9.46. The van der Waals surface area contributed by atoms with Gasteiger partial charge in [0.2, 0.25) is 0 Å². The molecule has 1 aliphatic carbocycles. The number of fused-ring (bicyclic) bond motifs is 3. The standard InChI is InChI=1S/C24H30O5.Na/c1-3-4-7-15(2)19(25)13-12-17-20(26)14-21-23(17)18-10-5-8-16(24(18)29-21)9-6-11-22(27)28;/h5,8,10,12-13,15,17,19-21,23,25-26H,6-7,9,11,14H2,1-2H3,(H,27,28);/q;+1/p-1/b13-12+;/t15-,17+,19-,20-,21+,23+;/m1./s1. The number of carbonyl (C=O) groups excluding carboxylic acids is 1. The van der Waals surface area contributed by atoms with Crippen molar-refractivity contribution in [2.75, 3.05) is 0 Å². The van der Waals surface area contributed by atoms with Gasteiger partial charge in [-0.15, -0.1) is 11.8 Å². The van der Waals surface area contributed by atoms with Gasteiger partial charge in [0, 0.05) is 36.2 Å². The van der Waals surface area contributed by atoms with Gasteiger partial charge in [0.1, 0.15) is 11.9 Å².